The Bertz CT molecular complexity index is 363. The number of unbranched alkanes of at least 4 members (excludes halogenated alkanes) is 1. The molecule has 0 saturated carbocycles. The number of hydroxylamine groups is 2. The van der Waals surface area contributed by atoms with Crippen molar-refractivity contribution in [2.75, 3.05) is 13.2 Å². The summed E-state index contributed by atoms with van der Waals surface area (Å²) in [6.07, 6.45) is 12.8. The lowest BCUT2D eigenvalue weighted by Gasteiger charge is -2.37. The maximum absolute atomic E-state index is 10.8. The second-order valence-corrected chi connectivity index (χ2v) is 5.79. The van der Waals surface area contributed by atoms with Crippen LogP contribution in [0.5, 0.6) is 0 Å². The van der Waals surface area contributed by atoms with Crippen LogP contribution in [0.15, 0.2) is 0 Å². The molecule has 0 aromatic heterocycles. The number of terminal acetylenes is 1. The van der Waals surface area contributed by atoms with E-state index >= 15 is 0 Å². The number of piperidine rings is 1. The van der Waals surface area contributed by atoms with Crippen LogP contribution in [0.25, 0.3) is 0 Å². The van der Waals surface area contributed by atoms with Crippen molar-refractivity contribution in [3.8, 4) is 12.3 Å². The first-order chi connectivity index (χ1) is 9.72. The fourth-order valence-corrected chi connectivity index (χ4v) is 3.36. The molecule has 2 saturated heterocycles. The van der Waals surface area contributed by atoms with Gasteiger partial charge in [-0.1, -0.05) is 0 Å². The number of carbonyl (C=O) groups excluding carboxylic acids is 1. The zero-order valence-corrected chi connectivity index (χ0v) is 12.3. The summed E-state index contributed by atoms with van der Waals surface area (Å²) in [6.45, 7) is 2.83. The van der Waals surface area contributed by atoms with Gasteiger partial charge in [-0.25, -0.2) is 0 Å². The second kappa shape index (κ2) is 7.66. The van der Waals surface area contributed by atoms with E-state index < -0.39 is 0 Å². The van der Waals surface area contributed by atoms with Crippen LogP contribution in [0.2, 0.25) is 0 Å². The van der Waals surface area contributed by atoms with Crippen molar-refractivity contribution >= 4 is 5.97 Å². The summed E-state index contributed by atoms with van der Waals surface area (Å²) in [5.74, 6) is 3.16. The van der Waals surface area contributed by atoms with Crippen LogP contribution in [0.4, 0.5) is 0 Å². The van der Waals surface area contributed by atoms with Crippen LogP contribution >= 0.6 is 0 Å². The molecule has 20 heavy (non-hydrogen) atoms. The summed E-state index contributed by atoms with van der Waals surface area (Å²) in [5, 5.41) is 2.22. The number of esters is 1. The van der Waals surface area contributed by atoms with Crippen molar-refractivity contribution in [1.29, 1.82) is 0 Å². The normalized spacial score (nSPS) is 31.8. The molecule has 2 rings (SSSR count). The Morgan fingerprint density at radius 2 is 2.25 bits per heavy atom. The Hall–Kier alpha value is -1.05. The Balaban J connectivity index is 1.77. The molecule has 112 valence electrons. The van der Waals surface area contributed by atoms with Gasteiger partial charge in [0.05, 0.1) is 13.2 Å². The number of fused-ring (bicyclic) bond motifs is 2. The number of nitrogens with zero attached hydrogens (tertiary/aromatic N) is 1. The topological polar surface area (TPSA) is 38.8 Å². The molecule has 4 atom stereocenters. The Kier molecular flexibility index (Phi) is 5.87. The molecule has 0 N–H and O–H groups in total. The molecule has 2 fully saturated rings. The van der Waals surface area contributed by atoms with E-state index in [0.29, 0.717) is 24.6 Å². The molecule has 0 amide bonds. The quantitative estimate of drug-likeness (QED) is 0.408. The van der Waals surface area contributed by atoms with E-state index in [1.165, 1.54) is 19.8 Å². The average molecular weight is 279 g/mol. The van der Waals surface area contributed by atoms with Gasteiger partial charge in [0.15, 0.2) is 0 Å². The van der Waals surface area contributed by atoms with Crippen molar-refractivity contribution in [3.05, 3.63) is 0 Å². The molecule has 0 aliphatic carbocycles. The third kappa shape index (κ3) is 3.97. The third-order valence-corrected chi connectivity index (χ3v) is 4.35. The molecule has 1 unspecified atom stereocenters. The lowest BCUT2D eigenvalue weighted by atomic mass is 9.85. The van der Waals surface area contributed by atoms with Gasteiger partial charge >= 0.3 is 5.97 Å². The van der Waals surface area contributed by atoms with E-state index in [2.05, 4.69) is 11.0 Å². The number of hydrogen-bond donors (Lipinski definition) is 0. The van der Waals surface area contributed by atoms with Crippen molar-refractivity contribution in [2.24, 2.45) is 5.92 Å². The molecule has 2 aliphatic rings. The molecule has 2 bridgehead atoms. The van der Waals surface area contributed by atoms with Crippen molar-refractivity contribution in [1.82, 2.24) is 5.06 Å². The lowest BCUT2D eigenvalue weighted by Crippen LogP contribution is -2.44. The maximum Gasteiger partial charge on any atom is 0.302 e. The van der Waals surface area contributed by atoms with Crippen LogP contribution in [-0.4, -0.2) is 36.3 Å². The summed E-state index contributed by atoms with van der Waals surface area (Å²) in [7, 11) is 0. The summed E-state index contributed by atoms with van der Waals surface area (Å²) < 4.78 is 5.01. The predicted molar refractivity (Wildman–Crippen MR) is 76.6 cm³/mol. The van der Waals surface area contributed by atoms with E-state index in [-0.39, 0.29) is 5.97 Å². The molecule has 0 aromatic rings. The van der Waals surface area contributed by atoms with Gasteiger partial charge in [0.2, 0.25) is 0 Å². The molecule has 2 heterocycles. The standard InChI is InChI=1S/C16H25NO3/c1-3-4-5-7-15-10-9-14-12-20-17(15)16(14)8-6-11-19-13(2)18/h1,14-16H,4-12H2,2H3/t14-,15-,16+/m0/s1. The minimum atomic E-state index is -0.194. The minimum absolute atomic E-state index is 0.194. The van der Waals surface area contributed by atoms with Gasteiger partial charge in [-0.3, -0.25) is 9.63 Å². The van der Waals surface area contributed by atoms with E-state index in [1.807, 2.05) is 0 Å². The zero-order valence-electron chi connectivity index (χ0n) is 12.3. The zero-order chi connectivity index (χ0) is 14.4. The highest BCUT2D eigenvalue weighted by Crippen LogP contribution is 2.38. The molecule has 0 aromatic carbocycles. The van der Waals surface area contributed by atoms with Gasteiger partial charge in [-0.15, -0.1) is 12.3 Å². The summed E-state index contributed by atoms with van der Waals surface area (Å²) in [6, 6.07) is 1.01. The lowest BCUT2D eigenvalue weighted by molar-refractivity contribution is -0.170. The van der Waals surface area contributed by atoms with Crippen LogP contribution < -0.4 is 0 Å². The van der Waals surface area contributed by atoms with Gasteiger partial charge in [0.1, 0.15) is 0 Å². The van der Waals surface area contributed by atoms with E-state index in [0.717, 1.165) is 38.7 Å². The summed E-state index contributed by atoms with van der Waals surface area (Å²) in [5.41, 5.74) is 0. The van der Waals surface area contributed by atoms with Gasteiger partial charge in [-0.2, -0.15) is 5.06 Å². The molecule has 2 aliphatic heterocycles. The third-order valence-electron chi connectivity index (χ3n) is 4.35. The fourth-order valence-electron chi connectivity index (χ4n) is 3.36. The number of rotatable bonds is 7. The average Bonchev–Trinajstić information content (AvgIpc) is 2.70. The fraction of sp³-hybridized carbons (Fsp3) is 0.812. The molecule has 0 spiro atoms. The van der Waals surface area contributed by atoms with Gasteiger partial charge in [-0.05, 0) is 38.5 Å². The van der Waals surface area contributed by atoms with Crippen LogP contribution in [-0.2, 0) is 14.4 Å². The van der Waals surface area contributed by atoms with Gasteiger partial charge < -0.3 is 4.74 Å². The molecule has 4 nitrogen and oxygen atoms in total. The van der Waals surface area contributed by atoms with Gasteiger partial charge in [0, 0.05) is 31.3 Å². The smallest absolute Gasteiger partial charge is 0.302 e. The monoisotopic (exact) mass is 279 g/mol. The van der Waals surface area contributed by atoms with Crippen molar-refractivity contribution < 1.29 is 14.4 Å². The first-order valence-corrected chi connectivity index (χ1v) is 7.70. The molecular formula is C16H25NO3. The van der Waals surface area contributed by atoms with E-state index in [4.69, 9.17) is 16.0 Å². The van der Waals surface area contributed by atoms with E-state index in [1.54, 1.807) is 0 Å². The second-order valence-electron chi connectivity index (χ2n) is 5.79. The number of carbonyl (C=O) groups is 1. The molecule has 0 radical (unpaired) electrons. The Labute approximate surface area is 121 Å². The SMILES string of the molecule is C#CCCC[C@H]1CC[C@H]2CON1[C@@H]2CCCOC(C)=O. The molecular weight excluding hydrogens is 254 g/mol. The maximum atomic E-state index is 10.8. The first-order valence-electron chi connectivity index (χ1n) is 7.70. The van der Waals surface area contributed by atoms with Crippen LogP contribution in [0, 0.1) is 18.3 Å². The number of ether oxygens (including phenoxy) is 1. The van der Waals surface area contributed by atoms with Crippen LogP contribution in [0.1, 0.15) is 51.9 Å². The summed E-state index contributed by atoms with van der Waals surface area (Å²) in [4.78, 5) is 16.6. The van der Waals surface area contributed by atoms with E-state index in [9.17, 15) is 4.79 Å². The predicted octanol–water partition coefficient (Wildman–Crippen LogP) is 2.53. The first kappa shape index (κ1) is 15.3. The highest BCUT2D eigenvalue weighted by Gasteiger charge is 2.42. The Morgan fingerprint density at radius 3 is 3.00 bits per heavy atom. The highest BCUT2D eigenvalue weighted by atomic mass is 16.7. The number of hydrogen-bond acceptors (Lipinski definition) is 4. The van der Waals surface area contributed by atoms with Gasteiger partial charge in [0.25, 0.3) is 0 Å². The minimum Gasteiger partial charge on any atom is -0.466 e. The van der Waals surface area contributed by atoms with Crippen molar-refractivity contribution in [2.45, 2.75) is 64.0 Å². The highest BCUT2D eigenvalue weighted by molar-refractivity contribution is 5.65. The van der Waals surface area contributed by atoms with Crippen molar-refractivity contribution in [3.63, 3.8) is 0 Å². The molecule has 4 heteroatoms. The largest absolute Gasteiger partial charge is 0.466 e. The van der Waals surface area contributed by atoms with Crippen LogP contribution in [0.3, 0.4) is 0 Å². The Morgan fingerprint density at radius 1 is 1.40 bits per heavy atom. The summed E-state index contributed by atoms with van der Waals surface area (Å²) >= 11 is 0.